The zero-order chi connectivity index (χ0) is 17.7. The number of carbonyl (C=O) groups excluding carboxylic acids is 2. The van der Waals surface area contributed by atoms with Gasteiger partial charge in [-0.25, -0.2) is 0 Å². The number of nitrogens with zero attached hydrogens (tertiary/aromatic N) is 1. The summed E-state index contributed by atoms with van der Waals surface area (Å²) in [4.78, 5) is 28.9. The molecule has 3 rings (SSSR count). The fourth-order valence-corrected chi connectivity index (χ4v) is 2.73. The quantitative estimate of drug-likeness (QED) is 0.754. The van der Waals surface area contributed by atoms with Crippen LogP contribution in [0.5, 0.6) is 5.75 Å². The summed E-state index contributed by atoms with van der Waals surface area (Å²) in [7, 11) is 1.59. The maximum atomic E-state index is 12.5. The van der Waals surface area contributed by atoms with Crippen LogP contribution in [-0.2, 0) is 22.7 Å². The van der Waals surface area contributed by atoms with Crippen molar-refractivity contribution in [3.8, 4) is 5.75 Å². The molecule has 2 amide bonds. The number of methoxy groups -OCH3 is 1. The summed E-state index contributed by atoms with van der Waals surface area (Å²) in [5, 5.41) is 5.72. The van der Waals surface area contributed by atoms with E-state index in [1.807, 2.05) is 36.4 Å². The lowest BCUT2D eigenvalue weighted by Crippen LogP contribution is -2.42. The number of benzene rings is 1. The average molecular weight is 339 g/mol. The van der Waals surface area contributed by atoms with Gasteiger partial charge in [-0.05, 0) is 36.6 Å². The van der Waals surface area contributed by atoms with Gasteiger partial charge in [-0.1, -0.05) is 18.2 Å². The second-order valence-electron chi connectivity index (χ2n) is 6.11. The molecule has 1 aromatic carbocycles. The van der Waals surface area contributed by atoms with Gasteiger partial charge in [-0.15, -0.1) is 0 Å². The Morgan fingerprint density at radius 2 is 1.68 bits per heavy atom. The van der Waals surface area contributed by atoms with Gasteiger partial charge in [0.05, 0.1) is 7.11 Å². The van der Waals surface area contributed by atoms with E-state index in [4.69, 9.17) is 4.74 Å². The zero-order valence-electron chi connectivity index (χ0n) is 14.1. The third kappa shape index (κ3) is 3.79. The highest BCUT2D eigenvalue weighted by Crippen LogP contribution is 2.46. The molecule has 1 heterocycles. The van der Waals surface area contributed by atoms with Crippen molar-refractivity contribution in [1.82, 2.24) is 15.6 Å². The van der Waals surface area contributed by atoms with Gasteiger partial charge in [0.2, 0.25) is 11.8 Å². The summed E-state index contributed by atoms with van der Waals surface area (Å²) in [5.74, 6) is 0.266. The second kappa shape index (κ2) is 7.34. The number of hydrogen-bond donors (Lipinski definition) is 2. The minimum absolute atomic E-state index is 0.221. The molecule has 1 saturated carbocycles. The zero-order valence-corrected chi connectivity index (χ0v) is 14.1. The molecule has 1 aliphatic rings. The van der Waals surface area contributed by atoms with E-state index in [9.17, 15) is 9.59 Å². The van der Waals surface area contributed by atoms with Gasteiger partial charge in [-0.3, -0.25) is 14.6 Å². The highest BCUT2D eigenvalue weighted by Gasteiger charge is 2.56. The van der Waals surface area contributed by atoms with Crippen molar-refractivity contribution >= 4 is 11.8 Å². The third-order valence-corrected chi connectivity index (χ3v) is 4.45. The summed E-state index contributed by atoms with van der Waals surface area (Å²) in [6.45, 7) is 0.727. The van der Waals surface area contributed by atoms with E-state index < -0.39 is 5.41 Å². The van der Waals surface area contributed by atoms with Crippen molar-refractivity contribution in [3.63, 3.8) is 0 Å². The van der Waals surface area contributed by atoms with Gasteiger partial charge in [0.25, 0.3) is 0 Å². The van der Waals surface area contributed by atoms with Crippen molar-refractivity contribution in [1.29, 1.82) is 0 Å². The monoisotopic (exact) mass is 339 g/mol. The van der Waals surface area contributed by atoms with Gasteiger partial charge in [0.15, 0.2) is 0 Å². The van der Waals surface area contributed by atoms with Crippen molar-refractivity contribution in [2.75, 3.05) is 7.11 Å². The first-order valence-corrected chi connectivity index (χ1v) is 8.23. The van der Waals surface area contributed by atoms with Crippen LogP contribution in [0.4, 0.5) is 0 Å². The van der Waals surface area contributed by atoms with Crippen LogP contribution < -0.4 is 15.4 Å². The van der Waals surface area contributed by atoms with E-state index in [0.29, 0.717) is 25.9 Å². The molecule has 130 valence electrons. The number of para-hydroxylation sites is 1. The molecule has 0 radical (unpaired) electrons. The normalized spacial score (nSPS) is 14.4. The van der Waals surface area contributed by atoms with Crippen LogP contribution in [0.3, 0.4) is 0 Å². The molecular weight excluding hydrogens is 318 g/mol. The van der Waals surface area contributed by atoms with Crippen LogP contribution in [0.1, 0.15) is 24.0 Å². The highest BCUT2D eigenvalue weighted by molar-refractivity contribution is 6.07. The standard InChI is InChI=1S/C19H21N3O3/c1-25-16-5-3-2-4-15(16)13-22-18(24)19(8-9-19)17(23)21-12-14-6-10-20-11-7-14/h2-7,10-11H,8-9,12-13H2,1H3,(H,21,23)(H,22,24). The number of pyridine rings is 1. The third-order valence-electron chi connectivity index (χ3n) is 4.45. The highest BCUT2D eigenvalue weighted by atomic mass is 16.5. The summed E-state index contributed by atoms with van der Waals surface area (Å²) < 4.78 is 5.28. The van der Waals surface area contributed by atoms with Gasteiger partial charge in [0, 0.05) is 31.0 Å². The Hall–Kier alpha value is -2.89. The number of ether oxygens (including phenoxy) is 1. The van der Waals surface area contributed by atoms with Crippen LogP contribution >= 0.6 is 0 Å². The number of hydrogen-bond acceptors (Lipinski definition) is 4. The first-order chi connectivity index (χ1) is 12.2. The van der Waals surface area contributed by atoms with E-state index in [1.165, 1.54) is 0 Å². The Labute approximate surface area is 146 Å². The number of carbonyl (C=O) groups is 2. The molecule has 25 heavy (non-hydrogen) atoms. The van der Waals surface area contributed by atoms with E-state index in [0.717, 1.165) is 16.9 Å². The molecule has 0 aliphatic heterocycles. The average Bonchev–Trinajstić information content (AvgIpc) is 3.47. The van der Waals surface area contributed by atoms with Crippen LogP contribution in [0.25, 0.3) is 0 Å². The fourth-order valence-electron chi connectivity index (χ4n) is 2.73. The van der Waals surface area contributed by atoms with Crippen molar-refractivity contribution in [3.05, 3.63) is 59.9 Å². The molecule has 1 aromatic heterocycles. The summed E-state index contributed by atoms with van der Waals surface area (Å²) in [5.41, 5.74) is 0.898. The summed E-state index contributed by atoms with van der Waals surface area (Å²) in [6.07, 6.45) is 4.50. The molecule has 0 spiro atoms. The molecule has 2 aromatic rings. The van der Waals surface area contributed by atoms with E-state index >= 15 is 0 Å². The van der Waals surface area contributed by atoms with Gasteiger partial charge in [-0.2, -0.15) is 0 Å². The lowest BCUT2D eigenvalue weighted by atomic mass is 10.0. The van der Waals surface area contributed by atoms with Crippen LogP contribution in [0, 0.1) is 5.41 Å². The SMILES string of the molecule is COc1ccccc1CNC(=O)C1(C(=O)NCc2ccncc2)CC1. The molecule has 2 N–H and O–H groups in total. The Morgan fingerprint density at radius 3 is 2.32 bits per heavy atom. The molecule has 0 atom stereocenters. The van der Waals surface area contributed by atoms with Crippen LogP contribution in [-0.4, -0.2) is 23.9 Å². The van der Waals surface area contributed by atoms with Gasteiger partial charge < -0.3 is 15.4 Å². The lowest BCUT2D eigenvalue weighted by molar-refractivity contribution is -0.137. The predicted octanol–water partition coefficient (Wildman–Crippen LogP) is 1.80. The number of rotatable bonds is 7. The van der Waals surface area contributed by atoms with Crippen molar-refractivity contribution < 1.29 is 14.3 Å². The second-order valence-corrected chi connectivity index (χ2v) is 6.11. The van der Waals surface area contributed by atoms with E-state index in [1.54, 1.807) is 19.5 Å². The van der Waals surface area contributed by atoms with E-state index in [2.05, 4.69) is 15.6 Å². The van der Waals surface area contributed by atoms with Gasteiger partial charge >= 0.3 is 0 Å². The molecule has 6 nitrogen and oxygen atoms in total. The first kappa shape index (κ1) is 17.0. The molecule has 6 heteroatoms. The maximum Gasteiger partial charge on any atom is 0.235 e. The van der Waals surface area contributed by atoms with E-state index in [-0.39, 0.29) is 11.8 Å². The lowest BCUT2D eigenvalue weighted by Gasteiger charge is -2.16. The Balaban J connectivity index is 1.56. The minimum atomic E-state index is -0.935. The fraction of sp³-hybridized carbons (Fsp3) is 0.316. The first-order valence-electron chi connectivity index (χ1n) is 8.23. The molecule has 1 fully saturated rings. The topological polar surface area (TPSA) is 80.3 Å². The minimum Gasteiger partial charge on any atom is -0.496 e. The van der Waals surface area contributed by atoms with Gasteiger partial charge in [0.1, 0.15) is 11.2 Å². The number of amides is 2. The van der Waals surface area contributed by atoms with Crippen LogP contribution in [0.15, 0.2) is 48.8 Å². The maximum absolute atomic E-state index is 12.5. The summed E-state index contributed by atoms with van der Waals surface area (Å²) in [6, 6.07) is 11.2. The van der Waals surface area contributed by atoms with Crippen molar-refractivity contribution in [2.45, 2.75) is 25.9 Å². The predicted molar refractivity (Wildman–Crippen MR) is 92.6 cm³/mol. The molecule has 0 saturated heterocycles. The Bertz CT molecular complexity index is 758. The van der Waals surface area contributed by atoms with Crippen LogP contribution in [0.2, 0.25) is 0 Å². The molecular formula is C19H21N3O3. The van der Waals surface area contributed by atoms with Crippen molar-refractivity contribution in [2.24, 2.45) is 5.41 Å². The molecule has 0 bridgehead atoms. The number of aromatic nitrogens is 1. The summed E-state index contributed by atoms with van der Waals surface area (Å²) >= 11 is 0. The Morgan fingerprint density at radius 1 is 1.04 bits per heavy atom. The smallest absolute Gasteiger partial charge is 0.235 e. The molecule has 0 unspecified atom stereocenters. The largest absolute Gasteiger partial charge is 0.496 e. The Kier molecular flexibility index (Phi) is 4.97. The number of nitrogens with one attached hydrogen (secondary N) is 2. The molecule has 1 aliphatic carbocycles.